The molecule has 0 bridgehead atoms. The van der Waals surface area contributed by atoms with Crippen LogP contribution in [0.25, 0.3) is 11.0 Å². The summed E-state index contributed by atoms with van der Waals surface area (Å²) in [5.41, 5.74) is 1.86. The molecule has 2 N–H and O–H groups in total. The number of aromatic nitrogens is 2. The topological polar surface area (TPSA) is 48.9 Å². The van der Waals surface area contributed by atoms with Crippen LogP contribution >= 0.6 is 12.2 Å². The fourth-order valence-corrected chi connectivity index (χ4v) is 1.37. The Balaban J connectivity index is 2.44. The van der Waals surface area contributed by atoms with Gasteiger partial charge in [-0.1, -0.05) is 12.1 Å². The summed E-state index contributed by atoms with van der Waals surface area (Å²) in [4.78, 5) is 7.32. The maximum Gasteiger partial charge on any atom is 0.164 e. The monoisotopic (exact) mass is 192 g/mol. The summed E-state index contributed by atoms with van der Waals surface area (Å²) >= 11 is 4.58. The van der Waals surface area contributed by atoms with Crippen molar-refractivity contribution in [2.75, 3.05) is 0 Å². The van der Waals surface area contributed by atoms with Gasteiger partial charge >= 0.3 is 0 Å². The van der Waals surface area contributed by atoms with Crippen LogP contribution in [0.15, 0.2) is 24.3 Å². The molecule has 0 saturated carbocycles. The summed E-state index contributed by atoms with van der Waals surface area (Å²) in [6.45, 7) is 0. The van der Waals surface area contributed by atoms with E-state index in [1.165, 1.54) is 0 Å². The summed E-state index contributed by atoms with van der Waals surface area (Å²) in [7, 11) is 0. The van der Waals surface area contributed by atoms with Crippen LogP contribution in [0.3, 0.4) is 0 Å². The molecule has 4 heteroatoms. The van der Waals surface area contributed by atoms with Gasteiger partial charge in [0.1, 0.15) is 5.82 Å². The molecule has 66 valence electrons. The lowest BCUT2D eigenvalue weighted by Gasteiger charge is -1.89. The first kappa shape index (κ1) is 8.19. The van der Waals surface area contributed by atoms with E-state index in [1.807, 2.05) is 24.3 Å². The van der Waals surface area contributed by atoms with E-state index in [0.29, 0.717) is 12.2 Å². The predicted molar refractivity (Wildman–Crippen MR) is 55.0 cm³/mol. The number of para-hydroxylation sites is 2. The second kappa shape index (κ2) is 3.14. The van der Waals surface area contributed by atoms with E-state index in [2.05, 4.69) is 22.2 Å². The van der Waals surface area contributed by atoms with Crippen molar-refractivity contribution in [1.82, 2.24) is 9.97 Å². The molecule has 0 radical (unpaired) electrons. The van der Waals surface area contributed by atoms with Crippen molar-refractivity contribution in [3.8, 4) is 0 Å². The van der Waals surface area contributed by atoms with Crippen molar-refractivity contribution in [2.24, 2.45) is 0 Å². The maximum absolute atomic E-state index is 8.90. The molecule has 1 heterocycles. The van der Waals surface area contributed by atoms with Crippen LogP contribution in [0.4, 0.5) is 0 Å². The molecule has 1 aromatic heterocycles. The molecule has 0 aliphatic carbocycles. The zero-order valence-corrected chi connectivity index (χ0v) is 7.64. The number of rotatable bonds is 2. The Labute approximate surface area is 80.4 Å². The molecule has 0 fully saturated rings. The number of thiocarbonyl (C=S) groups is 1. The van der Waals surface area contributed by atoms with Gasteiger partial charge in [-0.15, -0.1) is 0 Å². The molecule has 0 amide bonds. The van der Waals surface area contributed by atoms with Crippen molar-refractivity contribution in [1.29, 1.82) is 0 Å². The Bertz CT molecular complexity index is 417. The molecule has 0 aliphatic heterocycles. The Hall–Kier alpha value is -1.42. The molecule has 1 aromatic carbocycles. The van der Waals surface area contributed by atoms with E-state index in [9.17, 15) is 0 Å². The highest BCUT2D eigenvalue weighted by molar-refractivity contribution is 7.80. The van der Waals surface area contributed by atoms with E-state index in [1.54, 1.807) is 0 Å². The van der Waals surface area contributed by atoms with Crippen LogP contribution in [-0.4, -0.2) is 20.1 Å². The Morgan fingerprint density at radius 1 is 1.46 bits per heavy atom. The van der Waals surface area contributed by atoms with E-state index in [0.717, 1.165) is 11.0 Å². The van der Waals surface area contributed by atoms with Gasteiger partial charge in [-0.05, 0) is 24.4 Å². The van der Waals surface area contributed by atoms with Crippen molar-refractivity contribution in [3.63, 3.8) is 0 Å². The number of aliphatic hydroxyl groups is 1. The average molecular weight is 192 g/mol. The Kier molecular flexibility index (Phi) is 1.98. The van der Waals surface area contributed by atoms with Gasteiger partial charge in [-0.2, -0.15) is 0 Å². The summed E-state index contributed by atoms with van der Waals surface area (Å²) < 4.78 is 0. The van der Waals surface area contributed by atoms with Gasteiger partial charge in [0.2, 0.25) is 0 Å². The molecule has 0 aliphatic rings. The number of aromatic amines is 1. The lowest BCUT2D eigenvalue weighted by atomic mass is 10.3. The quantitative estimate of drug-likeness (QED) is 0.715. The molecular formula is C9H8N2OS. The van der Waals surface area contributed by atoms with Crippen LogP contribution < -0.4 is 0 Å². The van der Waals surface area contributed by atoms with Crippen LogP contribution in [0.2, 0.25) is 0 Å². The first-order valence-electron chi connectivity index (χ1n) is 3.91. The molecule has 2 rings (SSSR count). The van der Waals surface area contributed by atoms with Crippen molar-refractivity contribution in [3.05, 3.63) is 30.1 Å². The number of hydrogen-bond acceptors (Lipinski definition) is 2. The molecule has 3 nitrogen and oxygen atoms in total. The highest BCUT2D eigenvalue weighted by atomic mass is 32.1. The SMILES string of the molecule is OC(=S)Cc1nc2ccccc2[nH]1. The largest absolute Gasteiger partial charge is 0.502 e. The van der Waals surface area contributed by atoms with Crippen molar-refractivity contribution in [2.45, 2.75) is 6.42 Å². The molecule has 0 unspecified atom stereocenters. The average Bonchev–Trinajstić information content (AvgIpc) is 2.44. The van der Waals surface area contributed by atoms with Crippen LogP contribution in [0.1, 0.15) is 5.82 Å². The number of nitrogens with one attached hydrogen (secondary N) is 1. The van der Waals surface area contributed by atoms with Gasteiger partial charge in [0.25, 0.3) is 0 Å². The van der Waals surface area contributed by atoms with E-state index < -0.39 is 0 Å². The van der Waals surface area contributed by atoms with Gasteiger partial charge in [0, 0.05) is 0 Å². The Morgan fingerprint density at radius 3 is 2.92 bits per heavy atom. The summed E-state index contributed by atoms with van der Waals surface area (Å²) in [6.07, 6.45) is 0.310. The smallest absolute Gasteiger partial charge is 0.164 e. The van der Waals surface area contributed by atoms with Gasteiger partial charge in [0.05, 0.1) is 17.5 Å². The molecule has 13 heavy (non-hydrogen) atoms. The summed E-state index contributed by atoms with van der Waals surface area (Å²) in [5, 5.41) is 8.86. The second-order valence-corrected chi connectivity index (χ2v) is 3.24. The minimum atomic E-state index is -0.0425. The zero-order chi connectivity index (χ0) is 9.26. The fourth-order valence-electron chi connectivity index (χ4n) is 1.23. The molecular weight excluding hydrogens is 184 g/mol. The van der Waals surface area contributed by atoms with E-state index in [-0.39, 0.29) is 5.05 Å². The third-order valence-corrected chi connectivity index (χ3v) is 1.90. The number of H-pyrrole nitrogens is 1. The fraction of sp³-hybridized carbons (Fsp3) is 0.111. The summed E-state index contributed by atoms with van der Waals surface area (Å²) in [5.74, 6) is 0.703. The van der Waals surface area contributed by atoms with Crippen molar-refractivity contribution >= 4 is 28.3 Å². The lowest BCUT2D eigenvalue weighted by Crippen LogP contribution is -1.98. The third kappa shape index (κ3) is 1.67. The zero-order valence-electron chi connectivity index (χ0n) is 6.82. The summed E-state index contributed by atoms with van der Waals surface area (Å²) in [6, 6.07) is 7.70. The normalized spacial score (nSPS) is 10.5. The van der Waals surface area contributed by atoms with Crippen LogP contribution in [0, 0.1) is 0 Å². The number of benzene rings is 1. The predicted octanol–water partition coefficient (Wildman–Crippen LogP) is 1.99. The second-order valence-electron chi connectivity index (χ2n) is 2.77. The number of imidazole rings is 1. The lowest BCUT2D eigenvalue weighted by molar-refractivity contribution is 0.553. The number of fused-ring (bicyclic) bond motifs is 1. The van der Waals surface area contributed by atoms with Gasteiger partial charge in [0.15, 0.2) is 5.05 Å². The molecule has 2 aromatic rings. The van der Waals surface area contributed by atoms with Crippen LogP contribution in [-0.2, 0) is 6.42 Å². The standard InChI is InChI=1S/C9H8N2OS/c12-9(13)5-8-10-6-3-1-2-4-7(6)11-8/h1-4H,5H2,(H,10,11)(H,12,13). The minimum Gasteiger partial charge on any atom is -0.502 e. The first-order chi connectivity index (χ1) is 6.25. The van der Waals surface area contributed by atoms with E-state index in [4.69, 9.17) is 5.11 Å². The third-order valence-electron chi connectivity index (χ3n) is 1.76. The highest BCUT2D eigenvalue weighted by Gasteiger charge is 2.02. The van der Waals surface area contributed by atoms with Crippen molar-refractivity contribution < 1.29 is 5.11 Å². The number of nitrogens with zero attached hydrogens (tertiary/aromatic N) is 1. The van der Waals surface area contributed by atoms with E-state index >= 15 is 0 Å². The van der Waals surface area contributed by atoms with Gasteiger partial charge in [-0.25, -0.2) is 4.98 Å². The maximum atomic E-state index is 8.90. The minimum absolute atomic E-state index is 0.0425. The number of hydrogen-bond donors (Lipinski definition) is 2. The van der Waals surface area contributed by atoms with Gasteiger partial charge < -0.3 is 10.1 Å². The number of aliphatic hydroxyl groups excluding tert-OH is 1. The molecule has 0 atom stereocenters. The first-order valence-corrected chi connectivity index (χ1v) is 4.32. The molecule has 0 spiro atoms. The highest BCUT2D eigenvalue weighted by Crippen LogP contribution is 2.10. The Morgan fingerprint density at radius 2 is 2.23 bits per heavy atom. The van der Waals surface area contributed by atoms with Gasteiger partial charge in [-0.3, -0.25) is 0 Å². The molecule has 0 saturated heterocycles. The van der Waals surface area contributed by atoms with Crippen LogP contribution in [0.5, 0.6) is 0 Å².